The molecule has 4 rings (SSSR count). The zero-order valence-electron chi connectivity index (χ0n) is 17.7. The van der Waals surface area contributed by atoms with Crippen LogP contribution in [0.2, 0.25) is 0 Å². The highest BCUT2D eigenvalue weighted by Gasteiger charge is 2.25. The molecule has 1 amide bonds. The molecule has 0 radical (unpaired) electrons. The third-order valence-electron chi connectivity index (χ3n) is 6.05. The van der Waals surface area contributed by atoms with E-state index in [1.54, 1.807) is 4.90 Å². The first-order valence-electron chi connectivity index (χ1n) is 10.7. The monoisotopic (exact) mass is 429 g/mol. The van der Waals surface area contributed by atoms with E-state index in [1.165, 1.54) is 29.1 Å². The average Bonchev–Trinajstić information content (AvgIpc) is 3.26. The lowest BCUT2D eigenvalue weighted by Crippen LogP contribution is -2.49. The minimum absolute atomic E-state index is 0.143. The quantitative estimate of drug-likeness (QED) is 0.805. The fraction of sp³-hybridized carbons (Fsp3) is 0.500. The summed E-state index contributed by atoms with van der Waals surface area (Å²) in [6.07, 6.45) is 1.84. The number of hydrogen-bond acceptors (Lipinski definition) is 5. The zero-order valence-corrected chi connectivity index (χ0v) is 17.7. The van der Waals surface area contributed by atoms with Gasteiger partial charge in [-0.1, -0.05) is 12.1 Å². The molecule has 2 aliphatic rings. The van der Waals surface area contributed by atoms with Crippen LogP contribution < -0.4 is 4.90 Å². The molecular weight excluding hydrogens is 401 g/mol. The number of piperazine rings is 1. The fourth-order valence-electron chi connectivity index (χ4n) is 4.22. The van der Waals surface area contributed by atoms with Crippen molar-refractivity contribution in [1.29, 1.82) is 0 Å². The Morgan fingerprint density at radius 2 is 1.81 bits per heavy atom. The number of aromatic nitrogens is 2. The fourth-order valence-corrected chi connectivity index (χ4v) is 4.22. The number of carbonyl (C=O) groups is 2. The highest BCUT2D eigenvalue weighted by molar-refractivity contribution is 5.86. The molecule has 0 unspecified atom stereocenters. The van der Waals surface area contributed by atoms with Crippen molar-refractivity contribution in [2.75, 3.05) is 44.2 Å². The van der Waals surface area contributed by atoms with Gasteiger partial charge in [0.2, 0.25) is 0 Å². The Morgan fingerprint density at radius 3 is 2.45 bits per heavy atom. The average molecular weight is 429 g/mol. The molecule has 0 aliphatic carbocycles. The SMILES string of the molecule is Cc1ccc(CN2CCN(C(=O)n3ccc(C(=O)O)n3)CC2)c(N2CCC(F)CC2)c1. The first-order chi connectivity index (χ1) is 14.9. The standard InChI is InChI=1S/C22H28FN5O3/c1-16-2-3-17(20(14-16)26-7-4-18(23)5-8-26)15-25-10-12-27(13-11-25)22(31)28-9-6-19(24-28)21(29)30/h2-3,6,9,14,18H,4-5,7-8,10-13,15H2,1H3,(H,29,30). The number of aromatic carboxylic acids is 1. The van der Waals surface area contributed by atoms with Crippen LogP contribution in [0.5, 0.6) is 0 Å². The molecule has 2 saturated heterocycles. The van der Waals surface area contributed by atoms with Gasteiger partial charge in [-0.05, 0) is 43.0 Å². The number of aryl methyl sites for hydroxylation is 1. The minimum Gasteiger partial charge on any atom is -0.476 e. The van der Waals surface area contributed by atoms with Crippen molar-refractivity contribution in [3.63, 3.8) is 0 Å². The smallest absolute Gasteiger partial charge is 0.356 e. The van der Waals surface area contributed by atoms with Crippen LogP contribution in [0.4, 0.5) is 14.9 Å². The topological polar surface area (TPSA) is 81.9 Å². The Labute approximate surface area is 180 Å². The second kappa shape index (κ2) is 9.05. The molecule has 2 aromatic rings. The highest BCUT2D eigenvalue weighted by atomic mass is 19.1. The lowest BCUT2D eigenvalue weighted by Gasteiger charge is -2.36. The maximum absolute atomic E-state index is 13.6. The summed E-state index contributed by atoms with van der Waals surface area (Å²) >= 11 is 0. The van der Waals surface area contributed by atoms with Crippen LogP contribution in [-0.2, 0) is 6.54 Å². The van der Waals surface area contributed by atoms with E-state index in [2.05, 4.69) is 40.0 Å². The summed E-state index contributed by atoms with van der Waals surface area (Å²) in [6.45, 7) is 6.87. The van der Waals surface area contributed by atoms with Crippen molar-refractivity contribution in [3.05, 3.63) is 47.3 Å². The number of rotatable bonds is 4. The number of carbonyl (C=O) groups excluding carboxylic acids is 1. The van der Waals surface area contributed by atoms with E-state index in [4.69, 9.17) is 5.11 Å². The first kappa shape index (κ1) is 21.3. The summed E-state index contributed by atoms with van der Waals surface area (Å²) in [5, 5.41) is 12.8. The predicted octanol–water partition coefficient (Wildman–Crippen LogP) is 2.61. The summed E-state index contributed by atoms with van der Waals surface area (Å²) < 4.78 is 14.7. The van der Waals surface area contributed by atoms with Crippen LogP contribution in [0.25, 0.3) is 0 Å². The molecule has 2 fully saturated rings. The predicted molar refractivity (Wildman–Crippen MR) is 114 cm³/mol. The van der Waals surface area contributed by atoms with E-state index >= 15 is 0 Å². The van der Waals surface area contributed by atoms with Gasteiger partial charge in [0.05, 0.1) is 0 Å². The Morgan fingerprint density at radius 1 is 1.10 bits per heavy atom. The Bertz CT molecular complexity index is 946. The third-order valence-corrected chi connectivity index (χ3v) is 6.05. The Kier molecular flexibility index (Phi) is 6.22. The van der Waals surface area contributed by atoms with Gasteiger partial charge in [-0.15, -0.1) is 0 Å². The Hall–Kier alpha value is -2.94. The molecule has 0 saturated carbocycles. The molecule has 166 valence electrons. The van der Waals surface area contributed by atoms with Crippen molar-refractivity contribution in [2.24, 2.45) is 0 Å². The molecule has 0 spiro atoms. The number of hydrogen-bond donors (Lipinski definition) is 1. The summed E-state index contributed by atoms with van der Waals surface area (Å²) in [7, 11) is 0. The zero-order chi connectivity index (χ0) is 22.0. The van der Waals surface area contributed by atoms with Gasteiger partial charge < -0.3 is 14.9 Å². The molecular formula is C22H28FN5O3. The van der Waals surface area contributed by atoms with Crippen LogP contribution in [0, 0.1) is 6.92 Å². The van der Waals surface area contributed by atoms with E-state index in [-0.39, 0.29) is 11.7 Å². The van der Waals surface area contributed by atoms with Crippen LogP contribution >= 0.6 is 0 Å². The Balaban J connectivity index is 1.37. The van der Waals surface area contributed by atoms with Crippen molar-refractivity contribution in [1.82, 2.24) is 19.6 Å². The van der Waals surface area contributed by atoms with Gasteiger partial charge in [0.25, 0.3) is 0 Å². The van der Waals surface area contributed by atoms with Gasteiger partial charge in [0.15, 0.2) is 5.69 Å². The van der Waals surface area contributed by atoms with Gasteiger partial charge in [0.1, 0.15) is 6.17 Å². The van der Waals surface area contributed by atoms with Gasteiger partial charge in [-0.3, -0.25) is 4.90 Å². The number of carboxylic acid groups (broad SMARTS) is 1. The number of halogens is 1. The number of carboxylic acids is 1. The molecule has 1 aromatic carbocycles. The lowest BCUT2D eigenvalue weighted by atomic mass is 10.0. The van der Waals surface area contributed by atoms with Crippen molar-refractivity contribution in [2.45, 2.75) is 32.5 Å². The molecule has 3 heterocycles. The second-order valence-corrected chi connectivity index (χ2v) is 8.29. The van der Waals surface area contributed by atoms with E-state index < -0.39 is 12.1 Å². The number of piperidine rings is 1. The van der Waals surface area contributed by atoms with Crippen LogP contribution in [0.1, 0.15) is 34.5 Å². The minimum atomic E-state index is -1.15. The third kappa shape index (κ3) is 4.87. The number of nitrogens with zero attached hydrogens (tertiary/aromatic N) is 5. The highest BCUT2D eigenvalue weighted by Crippen LogP contribution is 2.28. The lowest BCUT2D eigenvalue weighted by molar-refractivity contribution is 0.0689. The molecule has 31 heavy (non-hydrogen) atoms. The van der Waals surface area contributed by atoms with Gasteiger partial charge in [-0.2, -0.15) is 9.78 Å². The molecule has 0 atom stereocenters. The summed E-state index contributed by atoms with van der Waals surface area (Å²) in [6, 6.07) is 7.46. The summed E-state index contributed by atoms with van der Waals surface area (Å²) in [4.78, 5) is 29.9. The van der Waals surface area contributed by atoms with E-state index in [0.717, 1.165) is 37.4 Å². The van der Waals surface area contributed by atoms with Crippen molar-refractivity contribution in [3.8, 4) is 0 Å². The second-order valence-electron chi connectivity index (χ2n) is 8.29. The maximum Gasteiger partial charge on any atom is 0.356 e. The van der Waals surface area contributed by atoms with E-state index in [1.807, 2.05) is 0 Å². The van der Waals surface area contributed by atoms with E-state index in [9.17, 15) is 14.0 Å². The molecule has 1 aromatic heterocycles. The van der Waals surface area contributed by atoms with Crippen molar-refractivity contribution >= 4 is 17.7 Å². The van der Waals surface area contributed by atoms with Crippen LogP contribution in [0.3, 0.4) is 0 Å². The van der Waals surface area contributed by atoms with Gasteiger partial charge in [0, 0.05) is 57.7 Å². The van der Waals surface area contributed by atoms with Gasteiger partial charge >= 0.3 is 12.0 Å². The molecule has 1 N–H and O–H groups in total. The summed E-state index contributed by atoms with van der Waals surface area (Å²) in [5.74, 6) is -1.15. The number of anilines is 1. The molecule has 2 aliphatic heterocycles. The van der Waals surface area contributed by atoms with E-state index in [0.29, 0.717) is 25.9 Å². The molecule has 0 bridgehead atoms. The largest absolute Gasteiger partial charge is 0.476 e. The first-order valence-corrected chi connectivity index (χ1v) is 10.7. The van der Waals surface area contributed by atoms with Crippen LogP contribution in [-0.4, -0.2) is 82.1 Å². The van der Waals surface area contributed by atoms with Crippen LogP contribution in [0.15, 0.2) is 30.5 Å². The molecule has 9 heteroatoms. The maximum atomic E-state index is 13.6. The van der Waals surface area contributed by atoms with Gasteiger partial charge in [-0.25, -0.2) is 14.0 Å². The number of benzene rings is 1. The number of amides is 1. The number of alkyl halides is 1. The summed E-state index contributed by atoms with van der Waals surface area (Å²) in [5.41, 5.74) is 3.45. The molecule has 8 nitrogen and oxygen atoms in total. The van der Waals surface area contributed by atoms with Crippen molar-refractivity contribution < 1.29 is 19.1 Å². The normalized spacial score (nSPS) is 18.4.